The van der Waals surface area contributed by atoms with E-state index in [4.69, 9.17) is 28.3 Å². The number of likely N-dealkylation sites (N-methyl/N-ethyl adjacent to an activating group) is 1. The van der Waals surface area contributed by atoms with Crippen molar-refractivity contribution < 1.29 is 9.90 Å². The second kappa shape index (κ2) is 7.45. The number of nitrogens with zero attached hydrogens (tertiary/aromatic N) is 1. The van der Waals surface area contributed by atoms with E-state index in [9.17, 15) is 4.79 Å². The molecule has 116 valence electrons. The molecule has 0 atom stereocenters. The average Bonchev–Trinajstić information content (AvgIpc) is 2.37. The minimum absolute atomic E-state index is 0.122. The van der Waals surface area contributed by atoms with Gasteiger partial charge in [0.25, 0.3) is 0 Å². The maximum Gasteiger partial charge on any atom is 0.317 e. The van der Waals surface area contributed by atoms with Crippen LogP contribution >= 0.6 is 23.2 Å². The average molecular weight is 331 g/mol. The summed E-state index contributed by atoms with van der Waals surface area (Å²) < 4.78 is 0. The van der Waals surface area contributed by atoms with Gasteiger partial charge in [-0.1, -0.05) is 36.2 Å². The SMILES string of the molecule is CCN(CC(=O)O)C1CC(NCc2ccc(Cl)cc2Cl)C1. The molecule has 0 saturated heterocycles. The zero-order chi connectivity index (χ0) is 15.4. The number of carbonyl (C=O) groups is 1. The lowest BCUT2D eigenvalue weighted by molar-refractivity contribution is -0.139. The van der Waals surface area contributed by atoms with Gasteiger partial charge < -0.3 is 10.4 Å². The summed E-state index contributed by atoms with van der Waals surface area (Å²) in [5, 5.41) is 13.6. The van der Waals surface area contributed by atoms with Crippen molar-refractivity contribution >= 4 is 29.2 Å². The summed E-state index contributed by atoms with van der Waals surface area (Å²) >= 11 is 12.0. The van der Waals surface area contributed by atoms with Gasteiger partial charge in [0.05, 0.1) is 6.54 Å². The number of hydrogen-bond acceptors (Lipinski definition) is 3. The van der Waals surface area contributed by atoms with Crippen molar-refractivity contribution in [3.05, 3.63) is 33.8 Å². The minimum atomic E-state index is -0.763. The highest BCUT2D eigenvalue weighted by molar-refractivity contribution is 6.35. The van der Waals surface area contributed by atoms with Crippen LogP contribution in [-0.4, -0.2) is 41.1 Å². The number of nitrogens with one attached hydrogen (secondary N) is 1. The Kier molecular flexibility index (Phi) is 5.88. The monoisotopic (exact) mass is 330 g/mol. The van der Waals surface area contributed by atoms with Crippen molar-refractivity contribution in [2.45, 2.75) is 38.4 Å². The smallest absolute Gasteiger partial charge is 0.317 e. The number of hydrogen-bond donors (Lipinski definition) is 2. The lowest BCUT2D eigenvalue weighted by atomic mass is 9.85. The molecule has 2 N–H and O–H groups in total. The standard InChI is InChI=1S/C15H20Cl2N2O2/c1-2-19(9-15(20)21)13-6-12(7-13)18-8-10-3-4-11(16)5-14(10)17/h3-5,12-13,18H,2,6-9H2,1H3,(H,20,21). The molecule has 0 amide bonds. The number of rotatable bonds is 7. The zero-order valence-electron chi connectivity index (χ0n) is 12.0. The molecule has 0 spiro atoms. The van der Waals surface area contributed by atoms with Gasteiger partial charge in [-0.25, -0.2) is 0 Å². The third kappa shape index (κ3) is 4.58. The van der Waals surface area contributed by atoms with Crippen LogP contribution < -0.4 is 5.32 Å². The summed E-state index contributed by atoms with van der Waals surface area (Å²) in [5.41, 5.74) is 1.03. The van der Waals surface area contributed by atoms with Gasteiger partial charge in [-0.15, -0.1) is 0 Å². The third-order valence-corrected chi connectivity index (χ3v) is 4.56. The molecule has 1 saturated carbocycles. The van der Waals surface area contributed by atoms with Crippen LogP contribution in [0, 0.1) is 0 Å². The van der Waals surface area contributed by atoms with E-state index in [2.05, 4.69) is 5.32 Å². The Labute approximate surface area is 135 Å². The van der Waals surface area contributed by atoms with Gasteiger partial charge in [0.15, 0.2) is 0 Å². The second-order valence-corrected chi connectivity index (χ2v) is 6.24. The van der Waals surface area contributed by atoms with E-state index in [1.165, 1.54) is 0 Å². The van der Waals surface area contributed by atoms with E-state index < -0.39 is 5.97 Å². The molecule has 21 heavy (non-hydrogen) atoms. The fourth-order valence-corrected chi connectivity index (χ4v) is 3.12. The minimum Gasteiger partial charge on any atom is -0.480 e. The van der Waals surface area contributed by atoms with Crippen molar-refractivity contribution in [3.63, 3.8) is 0 Å². The van der Waals surface area contributed by atoms with E-state index in [1.54, 1.807) is 6.07 Å². The number of carboxylic acids is 1. The van der Waals surface area contributed by atoms with E-state index >= 15 is 0 Å². The van der Waals surface area contributed by atoms with Crippen LogP contribution in [0.5, 0.6) is 0 Å². The summed E-state index contributed by atoms with van der Waals surface area (Å²) in [6, 6.07) is 6.29. The van der Waals surface area contributed by atoms with Crippen molar-refractivity contribution in [1.29, 1.82) is 0 Å². The Balaban J connectivity index is 1.76. The zero-order valence-corrected chi connectivity index (χ0v) is 13.5. The second-order valence-electron chi connectivity index (χ2n) is 5.40. The molecule has 0 aliphatic heterocycles. The number of carboxylic acid groups (broad SMARTS) is 1. The molecule has 4 nitrogen and oxygen atoms in total. The van der Waals surface area contributed by atoms with E-state index in [-0.39, 0.29) is 6.54 Å². The Morgan fingerprint density at radius 2 is 2.14 bits per heavy atom. The van der Waals surface area contributed by atoms with Gasteiger partial charge >= 0.3 is 5.97 Å². The van der Waals surface area contributed by atoms with Gasteiger partial charge in [-0.05, 0) is 37.1 Å². The highest BCUT2D eigenvalue weighted by Gasteiger charge is 2.33. The van der Waals surface area contributed by atoms with Gasteiger partial charge in [0.2, 0.25) is 0 Å². The molecule has 1 aliphatic rings. The molecule has 0 heterocycles. The molecule has 1 fully saturated rings. The largest absolute Gasteiger partial charge is 0.480 e. The normalized spacial score (nSPS) is 21.3. The molecule has 6 heteroatoms. The molecular formula is C15H20Cl2N2O2. The number of aliphatic carboxylic acids is 1. The molecular weight excluding hydrogens is 311 g/mol. The Morgan fingerprint density at radius 1 is 1.43 bits per heavy atom. The third-order valence-electron chi connectivity index (χ3n) is 3.97. The van der Waals surface area contributed by atoms with E-state index in [0.717, 1.165) is 24.9 Å². The van der Waals surface area contributed by atoms with Crippen LogP contribution in [0.2, 0.25) is 10.0 Å². The highest BCUT2D eigenvalue weighted by Crippen LogP contribution is 2.27. The summed E-state index contributed by atoms with van der Waals surface area (Å²) in [4.78, 5) is 12.8. The fraction of sp³-hybridized carbons (Fsp3) is 0.533. The van der Waals surface area contributed by atoms with Gasteiger partial charge in [0.1, 0.15) is 0 Å². The summed E-state index contributed by atoms with van der Waals surface area (Å²) in [5.74, 6) is -0.763. The topological polar surface area (TPSA) is 52.6 Å². The van der Waals surface area contributed by atoms with Crippen LogP contribution in [-0.2, 0) is 11.3 Å². The van der Waals surface area contributed by atoms with Crippen LogP contribution in [0.15, 0.2) is 18.2 Å². The molecule has 0 unspecified atom stereocenters. The lowest BCUT2D eigenvalue weighted by Crippen LogP contribution is -2.53. The fourth-order valence-electron chi connectivity index (χ4n) is 2.64. The molecule has 1 aromatic rings. The van der Waals surface area contributed by atoms with Gasteiger partial charge in [0, 0.05) is 28.7 Å². The summed E-state index contributed by atoms with van der Waals surface area (Å²) in [6.45, 7) is 3.60. The quantitative estimate of drug-likeness (QED) is 0.806. The van der Waals surface area contributed by atoms with Crippen molar-refractivity contribution in [2.24, 2.45) is 0 Å². The van der Waals surface area contributed by atoms with Crippen LogP contribution in [0.1, 0.15) is 25.3 Å². The first-order chi connectivity index (χ1) is 9.99. The highest BCUT2D eigenvalue weighted by atomic mass is 35.5. The first-order valence-corrected chi connectivity index (χ1v) is 7.88. The molecule has 1 aromatic carbocycles. The molecule has 0 bridgehead atoms. The molecule has 0 aromatic heterocycles. The maximum atomic E-state index is 10.8. The van der Waals surface area contributed by atoms with Crippen LogP contribution in [0.25, 0.3) is 0 Å². The Morgan fingerprint density at radius 3 is 2.71 bits per heavy atom. The van der Waals surface area contributed by atoms with Gasteiger partial charge in [-0.2, -0.15) is 0 Å². The van der Waals surface area contributed by atoms with Crippen molar-refractivity contribution in [3.8, 4) is 0 Å². The predicted octanol–water partition coefficient (Wildman–Crippen LogP) is 3.02. The van der Waals surface area contributed by atoms with Crippen molar-refractivity contribution in [2.75, 3.05) is 13.1 Å². The molecule has 0 radical (unpaired) electrons. The first kappa shape index (κ1) is 16.6. The maximum absolute atomic E-state index is 10.8. The van der Waals surface area contributed by atoms with E-state index in [0.29, 0.717) is 28.7 Å². The number of halogens is 2. The Hall–Kier alpha value is -0.810. The predicted molar refractivity (Wildman–Crippen MR) is 85.0 cm³/mol. The lowest BCUT2D eigenvalue weighted by Gasteiger charge is -2.42. The summed E-state index contributed by atoms with van der Waals surface area (Å²) in [7, 11) is 0. The summed E-state index contributed by atoms with van der Waals surface area (Å²) in [6.07, 6.45) is 1.96. The van der Waals surface area contributed by atoms with Crippen molar-refractivity contribution in [1.82, 2.24) is 10.2 Å². The number of benzene rings is 1. The van der Waals surface area contributed by atoms with Crippen LogP contribution in [0.4, 0.5) is 0 Å². The van der Waals surface area contributed by atoms with Crippen LogP contribution in [0.3, 0.4) is 0 Å². The van der Waals surface area contributed by atoms with E-state index in [1.807, 2.05) is 24.0 Å². The van der Waals surface area contributed by atoms with Gasteiger partial charge in [-0.3, -0.25) is 9.69 Å². The Bertz CT molecular complexity index is 504. The molecule has 2 rings (SSSR count). The molecule has 1 aliphatic carbocycles. The first-order valence-electron chi connectivity index (χ1n) is 7.12.